The Labute approximate surface area is 314 Å². The van der Waals surface area contributed by atoms with E-state index in [-0.39, 0.29) is 35.5 Å². The largest absolute Gasteiger partial charge is 0.457 e. The number of rotatable bonds is 14. The molecule has 1 atom stereocenters. The van der Waals surface area contributed by atoms with Gasteiger partial charge in [0.1, 0.15) is 24.1 Å². The van der Waals surface area contributed by atoms with Gasteiger partial charge < -0.3 is 15.0 Å². The van der Waals surface area contributed by atoms with E-state index in [4.69, 9.17) is 4.74 Å². The molecule has 5 aromatic rings. The normalized spacial score (nSPS) is 13.9. The number of hydrogen-bond acceptors (Lipinski definition) is 5. The van der Waals surface area contributed by atoms with Crippen LogP contribution in [0.5, 0.6) is 11.5 Å². The van der Waals surface area contributed by atoms with E-state index in [9.17, 15) is 18.0 Å². The molecule has 0 aliphatic heterocycles. The summed E-state index contributed by atoms with van der Waals surface area (Å²) in [7, 11) is -4.22. The number of hydrogen-bond donors (Lipinski definition) is 1. The van der Waals surface area contributed by atoms with E-state index in [1.165, 1.54) is 17.0 Å². The van der Waals surface area contributed by atoms with Crippen LogP contribution < -0.4 is 14.4 Å². The minimum Gasteiger partial charge on any atom is -0.457 e. The fraction of sp³-hybridized carbons (Fsp3) is 0.238. The molecule has 1 N–H and O–H groups in total. The predicted molar refractivity (Wildman–Crippen MR) is 208 cm³/mol. The zero-order chi connectivity index (χ0) is 36.3. The van der Waals surface area contributed by atoms with E-state index < -0.39 is 28.5 Å². The van der Waals surface area contributed by atoms with Crippen LogP contribution in [0.2, 0.25) is 0 Å². The second-order valence-corrected chi connectivity index (χ2v) is 15.7. The number of sulfonamides is 1. The van der Waals surface area contributed by atoms with Gasteiger partial charge in [-0.2, -0.15) is 0 Å². The molecule has 5 aromatic carbocycles. The van der Waals surface area contributed by atoms with Gasteiger partial charge in [0.25, 0.3) is 10.0 Å². The van der Waals surface area contributed by atoms with Crippen LogP contribution in [-0.4, -0.2) is 43.8 Å². The molecule has 2 amide bonds. The van der Waals surface area contributed by atoms with Crippen molar-refractivity contribution in [3.05, 3.63) is 155 Å². The SMILES string of the molecule is O=C(NC1CCCCC1)[C@@H](Cc1ccccc1)N(Cc1ccc(Br)cc1)C(=O)CN(c1ccc(Oc2ccccc2)cc1)S(=O)(=O)c1ccccc1. The number of para-hydroxylation sites is 1. The van der Waals surface area contributed by atoms with Gasteiger partial charge in [0.15, 0.2) is 0 Å². The molecule has 1 fully saturated rings. The van der Waals surface area contributed by atoms with E-state index in [1.807, 2.05) is 84.9 Å². The van der Waals surface area contributed by atoms with E-state index in [0.717, 1.165) is 52.0 Å². The zero-order valence-electron chi connectivity index (χ0n) is 28.8. The number of ether oxygens (including phenoxy) is 1. The van der Waals surface area contributed by atoms with Crippen LogP contribution in [0.4, 0.5) is 5.69 Å². The highest BCUT2D eigenvalue weighted by atomic mass is 79.9. The van der Waals surface area contributed by atoms with Crippen molar-refractivity contribution in [1.29, 1.82) is 0 Å². The van der Waals surface area contributed by atoms with Gasteiger partial charge in [-0.25, -0.2) is 8.42 Å². The van der Waals surface area contributed by atoms with E-state index in [1.54, 1.807) is 42.5 Å². The molecule has 0 heterocycles. The van der Waals surface area contributed by atoms with Gasteiger partial charge in [-0.3, -0.25) is 13.9 Å². The zero-order valence-corrected chi connectivity index (χ0v) is 31.2. The van der Waals surface area contributed by atoms with E-state index in [2.05, 4.69) is 21.2 Å². The first kappa shape index (κ1) is 36.8. The fourth-order valence-electron chi connectivity index (χ4n) is 6.44. The molecule has 268 valence electrons. The topological polar surface area (TPSA) is 96.0 Å². The van der Waals surface area contributed by atoms with Gasteiger partial charge in [0, 0.05) is 23.5 Å². The van der Waals surface area contributed by atoms with Gasteiger partial charge in [-0.15, -0.1) is 0 Å². The number of anilines is 1. The number of carbonyl (C=O) groups excluding carboxylic acids is 2. The standard InChI is InChI=1S/C42H42BrN3O5S/c43-34-23-21-33(22-24-34)30-45(40(29-32-13-5-1-6-14-32)42(48)44-35-15-7-2-8-16-35)41(47)31-46(52(49,50)39-19-11-4-12-20-39)36-25-27-38(28-26-36)51-37-17-9-3-10-18-37/h1,3-6,9-14,17-28,35,40H,2,7-8,15-16,29-31H2,(H,44,48)/t40-/m1/s1. The Bertz CT molecular complexity index is 2010. The lowest BCUT2D eigenvalue weighted by Gasteiger charge is -2.35. The maximum Gasteiger partial charge on any atom is 0.264 e. The van der Waals surface area contributed by atoms with Gasteiger partial charge in [0.2, 0.25) is 11.8 Å². The summed E-state index contributed by atoms with van der Waals surface area (Å²) in [6.07, 6.45) is 5.25. The molecular formula is C42H42BrN3O5S. The van der Waals surface area contributed by atoms with Crippen molar-refractivity contribution in [2.24, 2.45) is 0 Å². The molecule has 52 heavy (non-hydrogen) atoms. The van der Waals surface area contributed by atoms with E-state index >= 15 is 0 Å². The number of carbonyl (C=O) groups is 2. The third-order valence-electron chi connectivity index (χ3n) is 9.20. The second kappa shape index (κ2) is 17.5. The maximum atomic E-state index is 14.8. The highest BCUT2D eigenvalue weighted by Gasteiger charge is 2.35. The Balaban J connectivity index is 1.37. The first-order valence-electron chi connectivity index (χ1n) is 17.6. The lowest BCUT2D eigenvalue weighted by atomic mass is 9.94. The quantitative estimate of drug-likeness (QED) is 0.122. The molecule has 0 spiro atoms. The number of benzene rings is 5. The average molecular weight is 781 g/mol. The Morgan fingerprint density at radius 2 is 1.29 bits per heavy atom. The Morgan fingerprint density at radius 1 is 0.712 bits per heavy atom. The lowest BCUT2D eigenvalue weighted by Crippen LogP contribution is -2.55. The monoisotopic (exact) mass is 779 g/mol. The predicted octanol–water partition coefficient (Wildman–Crippen LogP) is 8.53. The summed E-state index contributed by atoms with van der Waals surface area (Å²) in [6.45, 7) is -0.431. The summed E-state index contributed by atoms with van der Waals surface area (Å²) in [5.74, 6) is 0.393. The van der Waals surface area contributed by atoms with Crippen LogP contribution >= 0.6 is 15.9 Å². The van der Waals surface area contributed by atoms with Crippen LogP contribution in [-0.2, 0) is 32.6 Å². The van der Waals surface area contributed by atoms with Crippen LogP contribution in [0.3, 0.4) is 0 Å². The lowest BCUT2D eigenvalue weighted by molar-refractivity contribution is -0.140. The molecule has 0 bridgehead atoms. The molecular weight excluding hydrogens is 738 g/mol. The van der Waals surface area contributed by atoms with Crippen molar-refractivity contribution in [2.45, 2.75) is 62.0 Å². The van der Waals surface area contributed by atoms with Crippen molar-refractivity contribution in [1.82, 2.24) is 10.2 Å². The smallest absolute Gasteiger partial charge is 0.264 e. The highest BCUT2D eigenvalue weighted by Crippen LogP contribution is 2.29. The number of nitrogens with one attached hydrogen (secondary N) is 1. The number of amides is 2. The fourth-order valence-corrected chi connectivity index (χ4v) is 8.14. The third kappa shape index (κ3) is 9.68. The molecule has 1 saturated carbocycles. The Hall–Kier alpha value is -4.93. The Kier molecular flexibility index (Phi) is 12.4. The minimum absolute atomic E-state index is 0.0238. The summed E-state index contributed by atoms with van der Waals surface area (Å²) < 4.78 is 36.7. The molecule has 1 aliphatic rings. The molecule has 0 saturated heterocycles. The molecule has 8 nitrogen and oxygen atoms in total. The third-order valence-corrected chi connectivity index (χ3v) is 11.5. The second-order valence-electron chi connectivity index (χ2n) is 12.9. The molecule has 0 aromatic heterocycles. The van der Waals surface area contributed by atoms with Crippen molar-refractivity contribution < 1.29 is 22.7 Å². The summed E-state index contributed by atoms with van der Waals surface area (Å²) in [4.78, 5) is 30.7. The molecule has 10 heteroatoms. The van der Waals surface area contributed by atoms with Crippen molar-refractivity contribution in [2.75, 3.05) is 10.8 Å². The van der Waals surface area contributed by atoms with Crippen LogP contribution in [0.1, 0.15) is 43.2 Å². The van der Waals surface area contributed by atoms with Crippen LogP contribution in [0, 0.1) is 0 Å². The Morgan fingerprint density at radius 3 is 1.92 bits per heavy atom. The molecule has 6 rings (SSSR count). The maximum absolute atomic E-state index is 14.8. The average Bonchev–Trinajstić information content (AvgIpc) is 3.18. The van der Waals surface area contributed by atoms with Gasteiger partial charge >= 0.3 is 0 Å². The van der Waals surface area contributed by atoms with Gasteiger partial charge in [-0.05, 0) is 84.6 Å². The summed E-state index contributed by atoms with van der Waals surface area (Å²) in [5.41, 5.74) is 1.98. The van der Waals surface area contributed by atoms with Crippen molar-refractivity contribution in [3.63, 3.8) is 0 Å². The van der Waals surface area contributed by atoms with Crippen LogP contribution in [0.15, 0.2) is 149 Å². The molecule has 0 unspecified atom stereocenters. The molecule has 1 aliphatic carbocycles. The summed E-state index contributed by atoms with van der Waals surface area (Å²) >= 11 is 3.49. The first-order chi connectivity index (χ1) is 25.3. The van der Waals surface area contributed by atoms with Crippen molar-refractivity contribution >= 4 is 43.5 Å². The van der Waals surface area contributed by atoms with Gasteiger partial charge in [0.05, 0.1) is 10.6 Å². The first-order valence-corrected chi connectivity index (χ1v) is 19.8. The number of halogens is 1. The summed E-state index contributed by atoms with van der Waals surface area (Å²) in [5, 5.41) is 3.25. The summed E-state index contributed by atoms with van der Waals surface area (Å²) in [6, 6.07) is 40.2. The van der Waals surface area contributed by atoms with E-state index in [0.29, 0.717) is 11.5 Å². The number of nitrogens with zero attached hydrogens (tertiary/aromatic N) is 2. The van der Waals surface area contributed by atoms with Gasteiger partial charge in [-0.1, -0.05) is 114 Å². The van der Waals surface area contributed by atoms with Crippen LogP contribution in [0.25, 0.3) is 0 Å². The highest BCUT2D eigenvalue weighted by molar-refractivity contribution is 9.10. The minimum atomic E-state index is -4.22. The molecule has 0 radical (unpaired) electrons. The van der Waals surface area contributed by atoms with Crippen molar-refractivity contribution in [3.8, 4) is 11.5 Å².